The van der Waals surface area contributed by atoms with Gasteiger partial charge in [-0.2, -0.15) is 0 Å². The van der Waals surface area contributed by atoms with Gasteiger partial charge >= 0.3 is 0 Å². The monoisotopic (exact) mass is 202 g/mol. The Morgan fingerprint density at radius 1 is 1.29 bits per heavy atom. The molecule has 84 valence electrons. The van der Waals surface area contributed by atoms with Gasteiger partial charge in [-0.05, 0) is 33.6 Å². The third-order valence-electron chi connectivity index (χ3n) is 2.49. The second-order valence-corrected chi connectivity index (χ2v) is 4.18. The fraction of sp³-hybridized carbons (Fsp3) is 0.818. The molecule has 14 heavy (non-hydrogen) atoms. The zero-order chi connectivity index (χ0) is 11.4. The lowest BCUT2D eigenvalue weighted by Gasteiger charge is -2.32. The highest BCUT2D eigenvalue weighted by molar-refractivity contribution is 4.98. The molecule has 0 heterocycles. The number of rotatable bonds is 5. The lowest BCUT2D eigenvalue weighted by atomic mass is 9.88. The van der Waals surface area contributed by atoms with E-state index in [4.69, 9.17) is 0 Å². The Morgan fingerprint density at radius 2 is 1.79 bits per heavy atom. The van der Waals surface area contributed by atoms with E-state index in [1.54, 1.807) is 6.92 Å². The second-order valence-electron chi connectivity index (χ2n) is 4.18. The van der Waals surface area contributed by atoms with Crippen molar-refractivity contribution in [3.05, 3.63) is 11.6 Å². The van der Waals surface area contributed by atoms with Gasteiger partial charge in [-0.1, -0.05) is 18.6 Å². The molecule has 3 nitrogen and oxygen atoms in total. The predicted molar refractivity (Wildman–Crippen MR) is 57.0 cm³/mol. The molecular weight excluding hydrogens is 180 g/mol. The van der Waals surface area contributed by atoms with Gasteiger partial charge < -0.3 is 15.3 Å². The summed E-state index contributed by atoms with van der Waals surface area (Å²) < 4.78 is 0. The van der Waals surface area contributed by atoms with Gasteiger partial charge in [-0.15, -0.1) is 0 Å². The molecule has 0 fully saturated rings. The van der Waals surface area contributed by atoms with Gasteiger partial charge in [0.05, 0.1) is 12.2 Å². The van der Waals surface area contributed by atoms with Gasteiger partial charge in [0.1, 0.15) is 5.60 Å². The molecule has 0 aliphatic rings. The Kier molecular flexibility index (Phi) is 5.34. The van der Waals surface area contributed by atoms with Crippen LogP contribution in [-0.4, -0.2) is 33.1 Å². The first kappa shape index (κ1) is 13.6. The normalized spacial score (nSPS) is 19.6. The van der Waals surface area contributed by atoms with E-state index >= 15 is 0 Å². The van der Waals surface area contributed by atoms with E-state index in [0.717, 1.165) is 5.57 Å². The van der Waals surface area contributed by atoms with Gasteiger partial charge in [0.2, 0.25) is 0 Å². The molecule has 0 saturated carbocycles. The largest absolute Gasteiger partial charge is 0.390 e. The maximum atomic E-state index is 9.84. The maximum absolute atomic E-state index is 9.84. The van der Waals surface area contributed by atoms with Crippen molar-refractivity contribution in [1.82, 2.24) is 0 Å². The Balaban J connectivity index is 4.35. The Bertz CT molecular complexity index is 193. The smallest absolute Gasteiger partial charge is 0.114 e. The Morgan fingerprint density at radius 3 is 2.14 bits per heavy atom. The van der Waals surface area contributed by atoms with E-state index < -0.39 is 17.8 Å². The number of aliphatic hydroxyl groups is 3. The van der Waals surface area contributed by atoms with Crippen LogP contribution >= 0.6 is 0 Å². The quantitative estimate of drug-likeness (QED) is 0.588. The zero-order valence-corrected chi connectivity index (χ0v) is 9.49. The molecule has 0 aliphatic carbocycles. The highest BCUT2D eigenvalue weighted by atomic mass is 16.4. The number of hydrogen-bond donors (Lipinski definition) is 3. The fourth-order valence-electron chi connectivity index (χ4n) is 1.22. The third-order valence-corrected chi connectivity index (χ3v) is 2.49. The summed E-state index contributed by atoms with van der Waals surface area (Å²) >= 11 is 0. The van der Waals surface area contributed by atoms with Gasteiger partial charge in [0.25, 0.3) is 0 Å². The summed E-state index contributed by atoms with van der Waals surface area (Å²) in [5.74, 6) is 0. The molecule has 3 heteroatoms. The first-order chi connectivity index (χ1) is 6.32. The van der Waals surface area contributed by atoms with E-state index in [1.807, 2.05) is 19.9 Å². The Hall–Kier alpha value is -0.380. The van der Waals surface area contributed by atoms with Gasteiger partial charge in [0, 0.05) is 0 Å². The maximum Gasteiger partial charge on any atom is 0.114 e. The van der Waals surface area contributed by atoms with Crippen LogP contribution in [0.5, 0.6) is 0 Å². The molecule has 0 aliphatic heterocycles. The molecule has 3 unspecified atom stereocenters. The minimum atomic E-state index is -1.43. The van der Waals surface area contributed by atoms with E-state index in [9.17, 15) is 15.3 Å². The summed E-state index contributed by atoms with van der Waals surface area (Å²) in [6.45, 7) is 7.09. The number of aliphatic hydroxyl groups excluding tert-OH is 2. The van der Waals surface area contributed by atoms with Crippen molar-refractivity contribution in [2.24, 2.45) is 0 Å². The summed E-state index contributed by atoms with van der Waals surface area (Å²) in [7, 11) is 0. The number of allylic oxidation sites excluding steroid dienone is 1. The van der Waals surface area contributed by atoms with Gasteiger partial charge in [0.15, 0.2) is 0 Å². The van der Waals surface area contributed by atoms with E-state index in [2.05, 4.69) is 0 Å². The molecule has 0 aromatic carbocycles. The van der Waals surface area contributed by atoms with E-state index in [0.29, 0.717) is 12.8 Å². The van der Waals surface area contributed by atoms with Crippen molar-refractivity contribution in [1.29, 1.82) is 0 Å². The van der Waals surface area contributed by atoms with Crippen LogP contribution in [0.4, 0.5) is 0 Å². The average Bonchev–Trinajstić information content (AvgIpc) is 2.12. The van der Waals surface area contributed by atoms with Crippen LogP contribution in [0.1, 0.15) is 40.5 Å². The molecule has 0 rings (SSSR count). The number of hydrogen-bond acceptors (Lipinski definition) is 3. The molecule has 3 N–H and O–H groups in total. The van der Waals surface area contributed by atoms with Crippen LogP contribution in [0.25, 0.3) is 0 Å². The highest BCUT2D eigenvalue weighted by Gasteiger charge is 2.36. The predicted octanol–water partition coefficient (Wildman–Crippen LogP) is 1.23. The van der Waals surface area contributed by atoms with E-state index in [1.165, 1.54) is 6.92 Å². The summed E-state index contributed by atoms with van der Waals surface area (Å²) in [6.07, 6.45) is 0.836. The highest BCUT2D eigenvalue weighted by Crippen LogP contribution is 2.20. The lowest BCUT2D eigenvalue weighted by Crippen LogP contribution is -2.49. The third kappa shape index (κ3) is 3.78. The second kappa shape index (κ2) is 5.49. The molecule has 3 atom stereocenters. The summed E-state index contributed by atoms with van der Waals surface area (Å²) in [4.78, 5) is 0. The van der Waals surface area contributed by atoms with Gasteiger partial charge in [-0.3, -0.25) is 0 Å². The van der Waals surface area contributed by atoms with Crippen LogP contribution in [-0.2, 0) is 0 Å². The first-order valence-corrected chi connectivity index (χ1v) is 5.04. The van der Waals surface area contributed by atoms with Crippen LogP contribution < -0.4 is 0 Å². The SMILES string of the molecule is CCC(O)C(C)(O)C(O)CC=C(C)C. The molecule has 0 aromatic rings. The zero-order valence-electron chi connectivity index (χ0n) is 9.49. The minimum Gasteiger partial charge on any atom is -0.390 e. The summed E-state index contributed by atoms with van der Waals surface area (Å²) in [5, 5.41) is 29.0. The van der Waals surface area contributed by atoms with Crippen LogP contribution in [0.2, 0.25) is 0 Å². The molecule has 0 amide bonds. The molecule has 0 bridgehead atoms. The lowest BCUT2D eigenvalue weighted by molar-refractivity contribution is -0.133. The average molecular weight is 202 g/mol. The first-order valence-electron chi connectivity index (χ1n) is 5.04. The van der Waals surface area contributed by atoms with Crippen molar-refractivity contribution in [3.8, 4) is 0 Å². The fourth-order valence-corrected chi connectivity index (χ4v) is 1.22. The topological polar surface area (TPSA) is 60.7 Å². The van der Waals surface area contributed by atoms with Crippen molar-refractivity contribution >= 4 is 0 Å². The molecule has 0 aromatic heterocycles. The van der Waals surface area contributed by atoms with Crippen LogP contribution in [0.3, 0.4) is 0 Å². The molecule has 0 spiro atoms. The minimum absolute atomic E-state index is 0.367. The summed E-state index contributed by atoms with van der Waals surface area (Å²) in [6, 6.07) is 0. The summed E-state index contributed by atoms with van der Waals surface area (Å²) in [5.41, 5.74) is -0.341. The molecular formula is C11H22O3. The van der Waals surface area contributed by atoms with Crippen LogP contribution in [0, 0.1) is 0 Å². The standard InChI is InChI=1S/C11H22O3/c1-5-9(12)11(4,14)10(13)7-6-8(2)3/h6,9-10,12-14H,5,7H2,1-4H3. The van der Waals surface area contributed by atoms with Crippen molar-refractivity contribution in [2.75, 3.05) is 0 Å². The van der Waals surface area contributed by atoms with Crippen molar-refractivity contribution in [2.45, 2.75) is 58.3 Å². The van der Waals surface area contributed by atoms with Crippen LogP contribution in [0.15, 0.2) is 11.6 Å². The van der Waals surface area contributed by atoms with Gasteiger partial charge in [-0.25, -0.2) is 0 Å². The Labute approximate surface area is 86.1 Å². The molecule has 0 saturated heterocycles. The molecule has 0 radical (unpaired) electrons. The van der Waals surface area contributed by atoms with Crippen molar-refractivity contribution in [3.63, 3.8) is 0 Å². The van der Waals surface area contributed by atoms with Crippen molar-refractivity contribution < 1.29 is 15.3 Å². The van der Waals surface area contributed by atoms with E-state index in [-0.39, 0.29) is 0 Å².